The molecule has 9 nitrogen and oxygen atoms in total. The Morgan fingerprint density at radius 2 is 1.59 bits per heavy atom. The zero-order valence-corrected chi connectivity index (χ0v) is 22.9. The van der Waals surface area contributed by atoms with Gasteiger partial charge >= 0.3 is 0 Å². The first-order valence-electron chi connectivity index (χ1n) is 12.0. The largest absolute Gasteiger partial charge is 0.493 e. The number of thioether (sulfide) groups is 1. The fraction of sp³-hybridized carbons (Fsp3) is 0.172. The van der Waals surface area contributed by atoms with E-state index in [0.717, 1.165) is 16.8 Å². The highest BCUT2D eigenvalue weighted by Crippen LogP contribution is 2.41. The predicted molar refractivity (Wildman–Crippen MR) is 154 cm³/mol. The quantitative estimate of drug-likeness (QED) is 0.157. The number of hydrazone groups is 1. The summed E-state index contributed by atoms with van der Waals surface area (Å²) in [5.74, 6) is 1.87. The molecular formula is C29H29N5O4S. The van der Waals surface area contributed by atoms with Crippen molar-refractivity contribution >= 4 is 30.0 Å². The lowest BCUT2D eigenvalue weighted by Crippen LogP contribution is -2.20. The van der Waals surface area contributed by atoms with E-state index in [2.05, 4.69) is 20.7 Å². The number of benzene rings is 3. The van der Waals surface area contributed by atoms with Gasteiger partial charge in [0.25, 0.3) is 5.91 Å². The van der Waals surface area contributed by atoms with E-state index >= 15 is 0 Å². The van der Waals surface area contributed by atoms with Gasteiger partial charge in [0.05, 0.1) is 33.3 Å². The highest BCUT2D eigenvalue weighted by atomic mass is 32.2. The van der Waals surface area contributed by atoms with Crippen LogP contribution in [0.1, 0.15) is 12.5 Å². The number of amides is 1. The molecule has 0 fully saturated rings. The van der Waals surface area contributed by atoms with E-state index in [4.69, 9.17) is 14.2 Å². The van der Waals surface area contributed by atoms with Gasteiger partial charge in [-0.2, -0.15) is 5.10 Å². The third-order valence-electron chi connectivity index (χ3n) is 5.55. The smallest absolute Gasteiger partial charge is 0.250 e. The van der Waals surface area contributed by atoms with Crippen LogP contribution in [0, 0.1) is 0 Å². The number of nitrogens with one attached hydrogen (secondary N) is 1. The average molecular weight is 544 g/mol. The Morgan fingerprint density at radius 3 is 2.21 bits per heavy atom. The molecule has 0 aliphatic carbocycles. The van der Waals surface area contributed by atoms with Crippen LogP contribution in [0.15, 0.2) is 88.6 Å². The maximum Gasteiger partial charge on any atom is 0.250 e. The Labute approximate surface area is 231 Å². The van der Waals surface area contributed by atoms with Gasteiger partial charge in [-0.15, -0.1) is 10.2 Å². The first kappa shape index (κ1) is 27.5. The number of carbonyl (C=O) groups is 1. The molecule has 10 heteroatoms. The topological polar surface area (TPSA) is 99.9 Å². The Balaban J connectivity index is 1.54. The summed E-state index contributed by atoms with van der Waals surface area (Å²) < 4.78 is 18.4. The van der Waals surface area contributed by atoms with Crippen molar-refractivity contribution in [1.82, 2.24) is 20.2 Å². The van der Waals surface area contributed by atoms with Gasteiger partial charge < -0.3 is 14.2 Å². The molecule has 0 atom stereocenters. The van der Waals surface area contributed by atoms with E-state index in [1.807, 2.05) is 90.4 Å². The molecule has 0 unspecified atom stereocenters. The van der Waals surface area contributed by atoms with E-state index in [0.29, 0.717) is 33.8 Å². The lowest BCUT2D eigenvalue weighted by atomic mass is 10.1. The van der Waals surface area contributed by atoms with Crippen molar-refractivity contribution < 1.29 is 19.0 Å². The third kappa shape index (κ3) is 6.85. The molecule has 0 aliphatic rings. The number of para-hydroxylation sites is 1. The van der Waals surface area contributed by atoms with Crippen LogP contribution < -0.4 is 19.6 Å². The van der Waals surface area contributed by atoms with Crippen molar-refractivity contribution in [2.24, 2.45) is 5.10 Å². The van der Waals surface area contributed by atoms with Crippen molar-refractivity contribution in [1.29, 1.82) is 0 Å². The molecule has 3 aromatic carbocycles. The molecule has 4 aromatic rings. The normalized spacial score (nSPS) is 11.4. The van der Waals surface area contributed by atoms with E-state index < -0.39 is 0 Å². The fourth-order valence-corrected chi connectivity index (χ4v) is 4.53. The summed E-state index contributed by atoms with van der Waals surface area (Å²) in [4.78, 5) is 12.5. The summed E-state index contributed by atoms with van der Waals surface area (Å²) in [7, 11) is 4.67. The molecule has 0 saturated carbocycles. The molecular weight excluding hydrogens is 514 g/mol. The zero-order chi connectivity index (χ0) is 27.6. The Bertz CT molecular complexity index is 1440. The number of aromatic nitrogens is 3. The maximum atomic E-state index is 12.5. The molecule has 0 spiro atoms. The molecule has 0 aliphatic heterocycles. The van der Waals surface area contributed by atoms with Crippen LogP contribution in [0.5, 0.6) is 17.2 Å². The third-order valence-corrected chi connectivity index (χ3v) is 6.48. The second-order valence-electron chi connectivity index (χ2n) is 8.27. The van der Waals surface area contributed by atoms with Crippen molar-refractivity contribution in [3.63, 3.8) is 0 Å². The van der Waals surface area contributed by atoms with Crippen molar-refractivity contribution in [3.8, 4) is 34.3 Å². The van der Waals surface area contributed by atoms with Gasteiger partial charge in [-0.25, -0.2) is 5.43 Å². The summed E-state index contributed by atoms with van der Waals surface area (Å²) in [6, 6.07) is 23.2. The summed E-state index contributed by atoms with van der Waals surface area (Å²) >= 11 is 1.26. The van der Waals surface area contributed by atoms with Crippen molar-refractivity contribution in [2.75, 3.05) is 27.1 Å². The average Bonchev–Trinajstić information content (AvgIpc) is 3.40. The minimum atomic E-state index is -0.263. The fourth-order valence-electron chi connectivity index (χ4n) is 3.79. The molecule has 4 rings (SSSR count). The van der Waals surface area contributed by atoms with Crippen LogP contribution in [0.2, 0.25) is 0 Å². The first-order chi connectivity index (χ1) is 19.0. The monoisotopic (exact) mass is 543 g/mol. The Hall–Kier alpha value is -4.57. The van der Waals surface area contributed by atoms with Gasteiger partial charge in [0.2, 0.25) is 5.75 Å². The van der Waals surface area contributed by atoms with Gasteiger partial charge in [0.1, 0.15) is 0 Å². The molecule has 1 amide bonds. The van der Waals surface area contributed by atoms with E-state index in [-0.39, 0.29) is 11.7 Å². The van der Waals surface area contributed by atoms with Crippen molar-refractivity contribution in [3.05, 3.63) is 83.9 Å². The zero-order valence-electron chi connectivity index (χ0n) is 22.1. The molecule has 0 radical (unpaired) electrons. The number of hydrogen-bond acceptors (Lipinski definition) is 8. The van der Waals surface area contributed by atoms with Gasteiger partial charge in [-0.1, -0.05) is 66.4 Å². The SMILES string of the molecule is COc1cc(-c2nnc(SCC(=O)N/N=C/C(C)=C\c3ccccc3)n2-c2ccccc2)cc(OC)c1OC. The number of rotatable bonds is 11. The minimum Gasteiger partial charge on any atom is -0.493 e. The molecule has 1 N–H and O–H groups in total. The highest BCUT2D eigenvalue weighted by Gasteiger charge is 2.21. The number of nitrogens with zero attached hydrogens (tertiary/aromatic N) is 4. The molecule has 1 heterocycles. The maximum absolute atomic E-state index is 12.5. The first-order valence-corrected chi connectivity index (χ1v) is 13.0. The number of allylic oxidation sites excluding steroid dienone is 1. The van der Waals surface area contributed by atoms with Gasteiger partial charge in [0, 0.05) is 11.3 Å². The van der Waals surface area contributed by atoms with Crippen LogP contribution in [0.3, 0.4) is 0 Å². The molecule has 200 valence electrons. The van der Waals surface area contributed by atoms with Gasteiger partial charge in [-0.05, 0) is 42.3 Å². The van der Waals surface area contributed by atoms with Crippen molar-refractivity contribution in [2.45, 2.75) is 12.1 Å². The van der Waals surface area contributed by atoms with Crippen LogP contribution >= 0.6 is 11.8 Å². The molecule has 39 heavy (non-hydrogen) atoms. The lowest BCUT2D eigenvalue weighted by molar-refractivity contribution is -0.118. The van der Waals surface area contributed by atoms with Gasteiger partial charge in [0.15, 0.2) is 22.5 Å². The summed E-state index contributed by atoms with van der Waals surface area (Å²) in [6.07, 6.45) is 3.60. The highest BCUT2D eigenvalue weighted by molar-refractivity contribution is 7.99. The van der Waals surface area contributed by atoms with Crippen LogP contribution in [-0.2, 0) is 4.79 Å². The Morgan fingerprint density at radius 1 is 0.949 bits per heavy atom. The second-order valence-corrected chi connectivity index (χ2v) is 9.21. The second kappa shape index (κ2) is 13.3. The molecule has 0 bridgehead atoms. The summed E-state index contributed by atoms with van der Waals surface area (Å²) in [5, 5.41) is 13.5. The van der Waals surface area contributed by atoms with Crippen LogP contribution in [0.4, 0.5) is 0 Å². The van der Waals surface area contributed by atoms with Gasteiger partial charge in [-0.3, -0.25) is 9.36 Å². The van der Waals surface area contributed by atoms with Crippen LogP contribution in [0.25, 0.3) is 23.2 Å². The minimum absolute atomic E-state index is 0.0962. The number of ether oxygens (including phenoxy) is 3. The summed E-state index contributed by atoms with van der Waals surface area (Å²) in [5.41, 5.74) is 6.10. The van der Waals surface area contributed by atoms with E-state index in [9.17, 15) is 4.79 Å². The number of methoxy groups -OCH3 is 3. The lowest BCUT2D eigenvalue weighted by Gasteiger charge is -2.15. The van der Waals surface area contributed by atoms with E-state index in [1.54, 1.807) is 27.5 Å². The van der Waals surface area contributed by atoms with Crippen LogP contribution in [-0.4, -0.2) is 54.0 Å². The number of carbonyl (C=O) groups excluding carboxylic acids is 1. The standard InChI is InChI=1S/C29H29N5O4S/c1-20(15-21-11-7-5-8-12-21)18-30-31-26(35)19-39-29-33-32-28(34(29)23-13-9-6-10-14-23)22-16-24(36-2)27(38-4)25(17-22)37-3/h5-18H,19H2,1-4H3,(H,31,35)/b20-15-,30-18+. The van der Waals surface area contributed by atoms with E-state index in [1.165, 1.54) is 11.8 Å². The molecule has 1 aromatic heterocycles. The predicted octanol–water partition coefficient (Wildman–Crippen LogP) is 5.26. The number of hydrogen-bond donors (Lipinski definition) is 1. The Kier molecular flexibility index (Phi) is 9.36. The summed E-state index contributed by atoms with van der Waals surface area (Å²) in [6.45, 7) is 1.92. The molecule has 0 saturated heterocycles.